The summed E-state index contributed by atoms with van der Waals surface area (Å²) in [4.78, 5) is 29.1. The van der Waals surface area contributed by atoms with Crippen molar-refractivity contribution in [1.29, 1.82) is 0 Å². The van der Waals surface area contributed by atoms with E-state index in [1.807, 2.05) is 42.4 Å². The smallest absolute Gasteiger partial charge is 0.259 e. The van der Waals surface area contributed by atoms with E-state index in [2.05, 4.69) is 30.9 Å². The molecule has 162 valence electrons. The lowest BCUT2D eigenvalue weighted by atomic mass is 9.96. The Balaban J connectivity index is 1.20. The Kier molecular flexibility index (Phi) is 5.55. The standard InChI is InChI=1S/C23H29N7O/c1-18-21(22-25-9-5-11-30(22)26-18)23(31)29-10-4-6-19(17-29)16-27-12-14-28(15-13-27)20-7-2-3-8-24-20/h2-3,5,7-9,11,19H,4,6,10,12-17H2,1H3. The molecule has 5 heterocycles. The molecule has 5 rings (SSSR count). The van der Waals surface area contributed by atoms with Crippen LogP contribution in [-0.2, 0) is 0 Å². The van der Waals surface area contributed by atoms with Crippen molar-refractivity contribution in [3.8, 4) is 0 Å². The molecule has 2 saturated heterocycles. The second-order valence-electron chi connectivity index (χ2n) is 8.58. The molecule has 2 fully saturated rings. The first-order valence-corrected chi connectivity index (χ1v) is 11.2. The number of piperazine rings is 1. The van der Waals surface area contributed by atoms with Gasteiger partial charge in [-0.3, -0.25) is 9.69 Å². The van der Waals surface area contributed by atoms with E-state index in [4.69, 9.17) is 0 Å². The number of pyridine rings is 1. The van der Waals surface area contributed by atoms with Gasteiger partial charge in [0.05, 0.1) is 5.69 Å². The van der Waals surface area contributed by atoms with Gasteiger partial charge in [0.25, 0.3) is 5.91 Å². The summed E-state index contributed by atoms with van der Waals surface area (Å²) >= 11 is 0. The molecular formula is C23H29N7O. The zero-order valence-electron chi connectivity index (χ0n) is 18.0. The van der Waals surface area contributed by atoms with E-state index < -0.39 is 0 Å². The summed E-state index contributed by atoms with van der Waals surface area (Å²) in [6.07, 6.45) is 7.65. The van der Waals surface area contributed by atoms with Gasteiger partial charge in [0, 0.05) is 64.4 Å². The predicted molar refractivity (Wildman–Crippen MR) is 119 cm³/mol. The fourth-order valence-corrected chi connectivity index (χ4v) is 4.87. The van der Waals surface area contributed by atoms with Crippen LogP contribution in [0.25, 0.3) is 5.65 Å². The van der Waals surface area contributed by atoms with Crippen molar-refractivity contribution in [3.05, 3.63) is 54.1 Å². The molecule has 0 spiro atoms. The van der Waals surface area contributed by atoms with Crippen LogP contribution < -0.4 is 4.90 Å². The van der Waals surface area contributed by atoms with Crippen molar-refractivity contribution in [3.63, 3.8) is 0 Å². The van der Waals surface area contributed by atoms with Crippen LogP contribution in [0.15, 0.2) is 42.9 Å². The molecule has 8 nitrogen and oxygen atoms in total. The molecule has 0 bridgehead atoms. The summed E-state index contributed by atoms with van der Waals surface area (Å²) in [7, 11) is 0. The normalized spacial score (nSPS) is 20.4. The first-order chi connectivity index (χ1) is 15.2. The van der Waals surface area contributed by atoms with Crippen LogP contribution in [0, 0.1) is 12.8 Å². The number of carbonyl (C=O) groups excluding carboxylic acids is 1. The lowest BCUT2D eigenvalue weighted by Crippen LogP contribution is -2.50. The van der Waals surface area contributed by atoms with Crippen LogP contribution in [0.1, 0.15) is 28.9 Å². The number of fused-ring (bicyclic) bond motifs is 1. The molecule has 2 aliphatic rings. The number of hydrogen-bond donors (Lipinski definition) is 0. The molecule has 1 amide bonds. The first-order valence-electron chi connectivity index (χ1n) is 11.2. The number of carbonyl (C=O) groups is 1. The Bertz CT molecular complexity index is 1040. The van der Waals surface area contributed by atoms with Gasteiger partial charge in [0.15, 0.2) is 5.65 Å². The number of aromatic nitrogens is 4. The molecule has 8 heteroatoms. The molecule has 0 aliphatic carbocycles. The van der Waals surface area contributed by atoms with Crippen molar-refractivity contribution in [2.75, 3.05) is 50.7 Å². The van der Waals surface area contributed by atoms with Crippen molar-refractivity contribution in [2.24, 2.45) is 5.92 Å². The highest BCUT2D eigenvalue weighted by Gasteiger charge is 2.30. The Morgan fingerprint density at radius 1 is 1.06 bits per heavy atom. The quantitative estimate of drug-likeness (QED) is 0.645. The second kappa shape index (κ2) is 8.63. The fraction of sp³-hybridized carbons (Fsp3) is 0.478. The zero-order valence-corrected chi connectivity index (χ0v) is 18.0. The minimum Gasteiger partial charge on any atom is -0.354 e. The van der Waals surface area contributed by atoms with Crippen LogP contribution in [0.2, 0.25) is 0 Å². The minimum atomic E-state index is 0.0656. The topological polar surface area (TPSA) is 69.9 Å². The average Bonchev–Trinajstić information content (AvgIpc) is 3.15. The molecule has 0 radical (unpaired) electrons. The Morgan fingerprint density at radius 3 is 2.71 bits per heavy atom. The van der Waals surface area contributed by atoms with Crippen molar-refractivity contribution in [1.82, 2.24) is 29.4 Å². The van der Waals surface area contributed by atoms with Crippen LogP contribution in [0.4, 0.5) is 5.82 Å². The molecule has 1 unspecified atom stereocenters. The van der Waals surface area contributed by atoms with E-state index in [0.29, 0.717) is 17.1 Å². The van der Waals surface area contributed by atoms with Gasteiger partial charge in [-0.2, -0.15) is 5.10 Å². The summed E-state index contributed by atoms with van der Waals surface area (Å²) in [5, 5.41) is 4.46. The molecule has 2 aliphatic heterocycles. The Labute approximate surface area is 182 Å². The molecule has 0 N–H and O–H groups in total. The number of piperidine rings is 1. The van der Waals surface area contributed by atoms with Crippen LogP contribution >= 0.6 is 0 Å². The summed E-state index contributed by atoms with van der Waals surface area (Å²) < 4.78 is 1.70. The molecule has 31 heavy (non-hydrogen) atoms. The van der Waals surface area contributed by atoms with E-state index in [9.17, 15) is 4.79 Å². The van der Waals surface area contributed by atoms with Crippen molar-refractivity contribution in [2.45, 2.75) is 19.8 Å². The van der Waals surface area contributed by atoms with Gasteiger partial charge in [-0.15, -0.1) is 0 Å². The van der Waals surface area contributed by atoms with Gasteiger partial charge in [-0.1, -0.05) is 6.07 Å². The summed E-state index contributed by atoms with van der Waals surface area (Å²) in [6, 6.07) is 7.92. The number of amides is 1. The van der Waals surface area contributed by atoms with Crippen LogP contribution in [-0.4, -0.2) is 81.1 Å². The third-order valence-corrected chi connectivity index (χ3v) is 6.45. The van der Waals surface area contributed by atoms with Gasteiger partial charge in [0.1, 0.15) is 11.4 Å². The monoisotopic (exact) mass is 419 g/mol. The van der Waals surface area contributed by atoms with E-state index in [-0.39, 0.29) is 5.91 Å². The zero-order chi connectivity index (χ0) is 21.2. The van der Waals surface area contributed by atoms with Crippen LogP contribution in [0.5, 0.6) is 0 Å². The second-order valence-corrected chi connectivity index (χ2v) is 8.58. The Hall–Kier alpha value is -3.00. The van der Waals surface area contributed by atoms with Gasteiger partial charge in [-0.05, 0) is 43.9 Å². The molecular weight excluding hydrogens is 390 g/mol. The Morgan fingerprint density at radius 2 is 1.90 bits per heavy atom. The van der Waals surface area contributed by atoms with Crippen LogP contribution in [0.3, 0.4) is 0 Å². The molecule has 0 aromatic carbocycles. The van der Waals surface area contributed by atoms with E-state index in [1.54, 1.807) is 10.7 Å². The lowest BCUT2D eigenvalue weighted by Gasteiger charge is -2.39. The third kappa shape index (κ3) is 4.12. The highest BCUT2D eigenvalue weighted by atomic mass is 16.2. The number of hydrogen-bond acceptors (Lipinski definition) is 6. The number of anilines is 1. The number of rotatable bonds is 4. The molecule has 3 aromatic rings. The maximum Gasteiger partial charge on any atom is 0.259 e. The highest BCUT2D eigenvalue weighted by molar-refractivity contribution is 6.01. The fourth-order valence-electron chi connectivity index (χ4n) is 4.87. The summed E-state index contributed by atoms with van der Waals surface area (Å²) in [6.45, 7) is 8.64. The SMILES string of the molecule is Cc1nn2cccnc2c1C(=O)N1CCCC(CN2CCN(c3ccccn3)CC2)C1. The first kappa shape index (κ1) is 19.9. The van der Waals surface area contributed by atoms with Crippen molar-refractivity contribution >= 4 is 17.4 Å². The van der Waals surface area contributed by atoms with Gasteiger partial charge < -0.3 is 9.80 Å². The van der Waals surface area contributed by atoms with Gasteiger partial charge in [-0.25, -0.2) is 14.5 Å². The average molecular weight is 420 g/mol. The maximum atomic E-state index is 13.3. The maximum absolute atomic E-state index is 13.3. The molecule has 3 aromatic heterocycles. The summed E-state index contributed by atoms with van der Waals surface area (Å²) in [5.74, 6) is 1.64. The predicted octanol–water partition coefficient (Wildman–Crippen LogP) is 2.11. The van der Waals surface area contributed by atoms with E-state index in [0.717, 1.165) is 63.7 Å². The van der Waals surface area contributed by atoms with E-state index in [1.165, 1.54) is 6.42 Å². The number of likely N-dealkylation sites (tertiary alicyclic amines) is 1. The minimum absolute atomic E-state index is 0.0656. The summed E-state index contributed by atoms with van der Waals surface area (Å²) in [5.41, 5.74) is 2.04. The van der Waals surface area contributed by atoms with Crippen molar-refractivity contribution < 1.29 is 4.79 Å². The third-order valence-electron chi connectivity index (χ3n) is 6.45. The highest BCUT2D eigenvalue weighted by Crippen LogP contribution is 2.23. The lowest BCUT2D eigenvalue weighted by molar-refractivity contribution is 0.0638. The number of aryl methyl sites for hydroxylation is 1. The largest absolute Gasteiger partial charge is 0.354 e. The molecule has 0 saturated carbocycles. The molecule has 1 atom stereocenters. The van der Waals surface area contributed by atoms with Gasteiger partial charge in [0.2, 0.25) is 0 Å². The van der Waals surface area contributed by atoms with E-state index >= 15 is 0 Å². The van der Waals surface area contributed by atoms with Gasteiger partial charge >= 0.3 is 0 Å². The number of nitrogens with zero attached hydrogens (tertiary/aromatic N) is 7.